The summed E-state index contributed by atoms with van der Waals surface area (Å²) < 4.78 is 14.3. The third-order valence-electron chi connectivity index (χ3n) is 3.52. The maximum Gasteiger partial charge on any atom is 0.407 e. The van der Waals surface area contributed by atoms with E-state index in [1.54, 1.807) is 6.07 Å². The molecule has 0 saturated heterocycles. The summed E-state index contributed by atoms with van der Waals surface area (Å²) in [6.07, 6.45) is -0.360. The van der Waals surface area contributed by atoms with E-state index in [-0.39, 0.29) is 13.2 Å². The van der Waals surface area contributed by atoms with Gasteiger partial charge in [0.1, 0.15) is 12.1 Å². The van der Waals surface area contributed by atoms with Crippen molar-refractivity contribution in [1.29, 1.82) is 5.26 Å². The zero-order valence-corrected chi connectivity index (χ0v) is 17.1. The normalized spacial score (nSPS) is 11.9. The molecule has 0 heterocycles. The third-order valence-corrected chi connectivity index (χ3v) is 3.52. The molecule has 168 valence electrons. The van der Waals surface area contributed by atoms with Crippen molar-refractivity contribution in [3.8, 4) is 6.07 Å². The van der Waals surface area contributed by atoms with Gasteiger partial charge in [0.2, 0.25) is 5.91 Å². The van der Waals surface area contributed by atoms with Gasteiger partial charge in [-0.05, 0) is 12.8 Å². The number of carbonyl (C=O) groups is 5. The zero-order chi connectivity index (χ0) is 22.9. The van der Waals surface area contributed by atoms with Crippen molar-refractivity contribution in [2.75, 3.05) is 13.2 Å². The summed E-state index contributed by atoms with van der Waals surface area (Å²) in [5, 5.41) is 13.0. The summed E-state index contributed by atoms with van der Waals surface area (Å²) >= 11 is 0. The Kier molecular flexibility index (Phi) is 13.8. The van der Waals surface area contributed by atoms with E-state index in [1.165, 1.54) is 0 Å². The molecule has 0 rings (SSSR count). The Balaban J connectivity index is 4.94. The molecule has 2 atom stereocenters. The summed E-state index contributed by atoms with van der Waals surface area (Å²) in [5.41, 5.74) is 5.05. The Morgan fingerprint density at radius 3 is 1.80 bits per heavy atom. The Hall–Kier alpha value is -3.36. The van der Waals surface area contributed by atoms with E-state index in [4.69, 9.17) is 20.5 Å². The van der Waals surface area contributed by atoms with E-state index >= 15 is 0 Å². The number of hydrogen-bond acceptors (Lipinski definition) is 9. The van der Waals surface area contributed by atoms with Crippen LogP contribution >= 0.6 is 0 Å². The van der Waals surface area contributed by atoms with Crippen LogP contribution in [0.3, 0.4) is 0 Å². The number of nitrogens with one attached hydrogen (secondary N) is 2. The van der Waals surface area contributed by atoms with Crippen LogP contribution < -0.4 is 16.4 Å². The first kappa shape index (κ1) is 26.6. The SMILES string of the molecule is CCCCOC(=O)N[C@@H](CC#N)C(=O)OC(=O)[C@@H](CC(N)=O)NC(=O)OCCCC. The van der Waals surface area contributed by atoms with Crippen LogP contribution in [0.4, 0.5) is 9.59 Å². The average Bonchev–Trinajstić information content (AvgIpc) is 2.67. The van der Waals surface area contributed by atoms with E-state index in [0.29, 0.717) is 12.8 Å². The van der Waals surface area contributed by atoms with Gasteiger partial charge in [-0.15, -0.1) is 0 Å². The number of nitrogens with two attached hydrogens (primary N) is 1. The number of unbranched alkanes of at least 4 members (excludes halogenated alkanes) is 2. The van der Waals surface area contributed by atoms with Gasteiger partial charge in [0, 0.05) is 0 Å². The highest BCUT2D eigenvalue weighted by molar-refractivity contribution is 5.95. The van der Waals surface area contributed by atoms with E-state index < -0.39 is 55.0 Å². The van der Waals surface area contributed by atoms with E-state index in [0.717, 1.165) is 12.8 Å². The fourth-order valence-corrected chi connectivity index (χ4v) is 1.91. The van der Waals surface area contributed by atoms with Crippen LogP contribution in [0.25, 0.3) is 0 Å². The number of hydrogen-bond donors (Lipinski definition) is 3. The number of rotatable bonds is 13. The first-order chi connectivity index (χ1) is 14.2. The van der Waals surface area contributed by atoms with Crippen LogP contribution in [0.15, 0.2) is 0 Å². The molecule has 0 aliphatic carbocycles. The monoisotopic (exact) mass is 428 g/mol. The number of alkyl carbamates (subject to hydrolysis) is 2. The Morgan fingerprint density at radius 2 is 1.37 bits per heavy atom. The largest absolute Gasteiger partial charge is 0.450 e. The maximum absolute atomic E-state index is 12.2. The standard InChI is InChI=1S/C18H28N4O8/c1-3-5-9-28-17(26)21-12(7-8-19)15(24)30-16(25)13(11-14(20)23)22-18(27)29-10-6-4-2/h12-13H,3-7,9-11H2,1-2H3,(H2,20,23)(H,21,26)(H,22,27)/t12-,13+/m0/s1. The third kappa shape index (κ3) is 12.2. The second-order valence-electron chi connectivity index (χ2n) is 6.15. The second kappa shape index (κ2) is 15.5. The van der Waals surface area contributed by atoms with Gasteiger partial charge < -0.3 is 30.6 Å². The van der Waals surface area contributed by atoms with Gasteiger partial charge in [-0.25, -0.2) is 19.2 Å². The van der Waals surface area contributed by atoms with Crippen LogP contribution in [0.2, 0.25) is 0 Å². The van der Waals surface area contributed by atoms with Gasteiger partial charge in [0.15, 0.2) is 0 Å². The minimum atomic E-state index is -1.58. The predicted molar refractivity (Wildman–Crippen MR) is 101 cm³/mol. The Bertz CT molecular complexity index is 647. The summed E-state index contributed by atoms with van der Waals surface area (Å²) in [6.45, 7) is 3.97. The lowest BCUT2D eigenvalue weighted by atomic mass is 10.2. The van der Waals surface area contributed by atoms with Gasteiger partial charge >= 0.3 is 24.1 Å². The van der Waals surface area contributed by atoms with Crippen LogP contribution in [0.1, 0.15) is 52.4 Å². The summed E-state index contributed by atoms with van der Waals surface area (Å²) in [4.78, 5) is 58.9. The molecule has 3 amide bonds. The molecule has 30 heavy (non-hydrogen) atoms. The molecule has 0 saturated carbocycles. The highest BCUT2D eigenvalue weighted by Gasteiger charge is 2.31. The zero-order valence-electron chi connectivity index (χ0n) is 17.1. The number of carbonyl (C=O) groups excluding carboxylic acids is 5. The van der Waals surface area contributed by atoms with Crippen LogP contribution in [0, 0.1) is 11.3 Å². The highest BCUT2D eigenvalue weighted by atomic mass is 16.6. The summed E-state index contributed by atoms with van der Waals surface area (Å²) in [7, 11) is 0. The number of primary amides is 1. The number of nitrogens with zero attached hydrogens (tertiary/aromatic N) is 1. The van der Waals surface area contributed by atoms with Crippen LogP contribution in [0.5, 0.6) is 0 Å². The molecular weight excluding hydrogens is 400 g/mol. The number of amides is 3. The van der Waals surface area contributed by atoms with Gasteiger partial charge in [-0.1, -0.05) is 26.7 Å². The fraction of sp³-hybridized carbons (Fsp3) is 0.667. The van der Waals surface area contributed by atoms with Gasteiger partial charge in [-0.2, -0.15) is 5.26 Å². The molecule has 0 bridgehead atoms. The van der Waals surface area contributed by atoms with Gasteiger partial charge in [-0.3, -0.25) is 4.79 Å². The molecule has 0 fully saturated rings. The topological polar surface area (TPSA) is 187 Å². The van der Waals surface area contributed by atoms with Crippen molar-refractivity contribution in [1.82, 2.24) is 10.6 Å². The first-order valence-electron chi connectivity index (χ1n) is 9.52. The van der Waals surface area contributed by atoms with Crippen LogP contribution in [-0.4, -0.2) is 55.3 Å². The quantitative estimate of drug-likeness (QED) is 0.164. The van der Waals surface area contributed by atoms with Crippen molar-refractivity contribution in [2.24, 2.45) is 5.73 Å². The van der Waals surface area contributed by atoms with Crippen molar-refractivity contribution in [3.05, 3.63) is 0 Å². The molecule has 12 heteroatoms. The van der Waals surface area contributed by atoms with Crippen molar-refractivity contribution in [2.45, 2.75) is 64.5 Å². The summed E-state index contributed by atoms with van der Waals surface area (Å²) in [5.74, 6) is -3.50. The molecule has 0 aromatic carbocycles. The Labute approximate surface area is 174 Å². The minimum Gasteiger partial charge on any atom is -0.450 e. The summed E-state index contributed by atoms with van der Waals surface area (Å²) in [6, 6.07) is -1.40. The lowest BCUT2D eigenvalue weighted by Crippen LogP contribution is -2.48. The van der Waals surface area contributed by atoms with E-state index in [2.05, 4.69) is 15.4 Å². The first-order valence-corrected chi connectivity index (χ1v) is 9.52. The van der Waals surface area contributed by atoms with E-state index in [9.17, 15) is 24.0 Å². The second-order valence-corrected chi connectivity index (χ2v) is 6.15. The molecule has 0 aliphatic heterocycles. The molecule has 0 radical (unpaired) electrons. The smallest absolute Gasteiger partial charge is 0.407 e. The lowest BCUT2D eigenvalue weighted by Gasteiger charge is -2.18. The average molecular weight is 428 g/mol. The fourth-order valence-electron chi connectivity index (χ4n) is 1.91. The molecular formula is C18H28N4O8. The lowest BCUT2D eigenvalue weighted by molar-refractivity contribution is -0.163. The number of nitriles is 1. The predicted octanol–water partition coefficient (Wildman–Crippen LogP) is 0.635. The van der Waals surface area contributed by atoms with Crippen molar-refractivity contribution < 1.29 is 38.2 Å². The minimum absolute atomic E-state index is 0.0912. The molecule has 4 N–H and O–H groups in total. The number of esters is 2. The molecule has 0 aromatic heterocycles. The van der Waals surface area contributed by atoms with Crippen molar-refractivity contribution in [3.63, 3.8) is 0 Å². The molecule has 0 spiro atoms. The van der Waals surface area contributed by atoms with Gasteiger partial charge in [0.05, 0.1) is 32.1 Å². The highest BCUT2D eigenvalue weighted by Crippen LogP contribution is 2.03. The van der Waals surface area contributed by atoms with Crippen molar-refractivity contribution >= 4 is 30.0 Å². The van der Waals surface area contributed by atoms with Crippen LogP contribution in [-0.2, 0) is 28.6 Å². The molecule has 0 aliphatic rings. The molecule has 0 aromatic rings. The van der Waals surface area contributed by atoms with E-state index in [1.807, 2.05) is 13.8 Å². The maximum atomic E-state index is 12.2. The molecule has 12 nitrogen and oxygen atoms in total. The number of ether oxygens (including phenoxy) is 3. The molecule has 0 unspecified atom stereocenters. The Morgan fingerprint density at radius 1 is 0.900 bits per heavy atom. The van der Waals surface area contributed by atoms with Gasteiger partial charge in [0.25, 0.3) is 0 Å².